The Morgan fingerprint density at radius 3 is 2.10 bits per heavy atom. The number of para-hydroxylation sites is 1. The van der Waals surface area contributed by atoms with E-state index in [2.05, 4.69) is 71.0 Å². The molecule has 0 radical (unpaired) electrons. The molecule has 0 aromatic heterocycles. The zero-order chi connectivity index (χ0) is 22.3. The van der Waals surface area contributed by atoms with Crippen molar-refractivity contribution in [2.24, 2.45) is 4.99 Å². The van der Waals surface area contributed by atoms with Crippen molar-refractivity contribution in [3.63, 3.8) is 0 Å². The summed E-state index contributed by atoms with van der Waals surface area (Å²) >= 11 is 1.65. The lowest BCUT2D eigenvalue weighted by Gasteiger charge is -2.18. The van der Waals surface area contributed by atoms with Gasteiger partial charge in [0.1, 0.15) is 5.75 Å². The minimum Gasteiger partial charge on any atom is -0.439 e. The van der Waals surface area contributed by atoms with E-state index in [1.165, 1.54) is 16.0 Å². The van der Waals surface area contributed by atoms with Crippen molar-refractivity contribution in [1.82, 2.24) is 0 Å². The summed E-state index contributed by atoms with van der Waals surface area (Å²) in [5.74, 6) is 1.82. The quantitative estimate of drug-likeness (QED) is 0.222. The number of aliphatic imine (C=N–C) groups is 1. The predicted molar refractivity (Wildman–Crippen MR) is 135 cm³/mol. The molecule has 0 bridgehead atoms. The van der Waals surface area contributed by atoms with Gasteiger partial charge in [-0.1, -0.05) is 88.8 Å². The molecule has 2 nitrogen and oxygen atoms in total. The van der Waals surface area contributed by atoms with E-state index in [0.29, 0.717) is 11.8 Å². The Bertz CT molecular complexity index is 1010. The van der Waals surface area contributed by atoms with Gasteiger partial charge in [-0.15, -0.1) is 0 Å². The smallest absolute Gasteiger partial charge is 0.220 e. The van der Waals surface area contributed by atoms with E-state index in [0.717, 1.165) is 11.4 Å². The molecule has 0 saturated carbocycles. The van der Waals surface area contributed by atoms with E-state index in [9.17, 15) is 0 Å². The predicted octanol–water partition coefficient (Wildman–Crippen LogP) is 8.52. The zero-order valence-corrected chi connectivity index (χ0v) is 19.8. The summed E-state index contributed by atoms with van der Waals surface area (Å²) in [7, 11) is 0. The molecular formula is C28H31NOS. The lowest BCUT2D eigenvalue weighted by atomic mass is 9.87. The molecule has 0 aliphatic rings. The summed E-state index contributed by atoms with van der Waals surface area (Å²) in [5, 5.41) is 2.02. The molecule has 0 N–H and O–H groups in total. The van der Waals surface area contributed by atoms with Gasteiger partial charge >= 0.3 is 0 Å². The van der Waals surface area contributed by atoms with Crippen molar-refractivity contribution in [2.45, 2.75) is 50.8 Å². The maximum Gasteiger partial charge on any atom is 0.220 e. The number of ether oxygens (including phenoxy) is 1. The number of benzene rings is 3. The highest BCUT2D eigenvalue weighted by Crippen LogP contribution is 2.26. The molecule has 3 heteroatoms. The second-order valence-corrected chi connectivity index (χ2v) is 9.79. The fourth-order valence-corrected chi connectivity index (χ4v) is 3.60. The fourth-order valence-electron chi connectivity index (χ4n) is 2.97. The van der Waals surface area contributed by atoms with E-state index in [1.807, 2.05) is 53.9 Å². The van der Waals surface area contributed by atoms with Gasteiger partial charge in [0.15, 0.2) is 0 Å². The molecule has 3 aromatic rings. The Morgan fingerprint density at radius 2 is 1.52 bits per heavy atom. The molecule has 31 heavy (non-hydrogen) atoms. The van der Waals surface area contributed by atoms with Crippen molar-refractivity contribution in [2.75, 3.05) is 0 Å². The minimum absolute atomic E-state index is 0.160. The zero-order valence-electron chi connectivity index (χ0n) is 19.0. The molecule has 3 aromatic carbocycles. The summed E-state index contributed by atoms with van der Waals surface area (Å²) in [5.41, 5.74) is 3.67. The van der Waals surface area contributed by atoms with Crippen molar-refractivity contribution in [1.29, 1.82) is 0 Å². The monoisotopic (exact) mass is 429 g/mol. The Kier molecular flexibility index (Phi) is 7.75. The van der Waals surface area contributed by atoms with Gasteiger partial charge in [-0.05, 0) is 64.3 Å². The molecule has 160 valence electrons. The third kappa shape index (κ3) is 7.15. The molecule has 3 rings (SSSR count). The van der Waals surface area contributed by atoms with Crippen molar-refractivity contribution < 1.29 is 4.74 Å². The van der Waals surface area contributed by atoms with Crippen LogP contribution in [-0.4, -0.2) is 5.90 Å². The number of thioether (sulfide) groups is 1. The molecule has 0 amide bonds. The normalized spacial score (nSPS) is 12.5. The van der Waals surface area contributed by atoms with Crippen LogP contribution in [0.25, 0.3) is 0 Å². The number of hydrogen-bond acceptors (Lipinski definition) is 3. The van der Waals surface area contributed by atoms with Crippen LogP contribution >= 0.6 is 11.8 Å². The first kappa shape index (κ1) is 22.9. The van der Waals surface area contributed by atoms with Crippen LogP contribution in [0.3, 0.4) is 0 Å². The average Bonchev–Trinajstić information content (AvgIpc) is 2.74. The lowest BCUT2D eigenvalue weighted by Crippen LogP contribution is -2.10. The first-order valence-electron chi connectivity index (χ1n) is 10.7. The van der Waals surface area contributed by atoms with E-state index in [4.69, 9.17) is 9.73 Å². The number of rotatable bonds is 6. The molecule has 0 spiro atoms. The van der Waals surface area contributed by atoms with Crippen LogP contribution < -0.4 is 4.74 Å². The summed E-state index contributed by atoms with van der Waals surface area (Å²) in [4.78, 5) is 5.91. The van der Waals surface area contributed by atoms with Gasteiger partial charge in [-0.3, -0.25) is 0 Å². The highest BCUT2D eigenvalue weighted by molar-refractivity contribution is 8.02. The average molecular weight is 430 g/mol. The third-order valence-corrected chi connectivity index (χ3v) is 5.72. The van der Waals surface area contributed by atoms with Crippen LogP contribution in [0.2, 0.25) is 0 Å². The maximum absolute atomic E-state index is 6.05. The van der Waals surface area contributed by atoms with Crippen molar-refractivity contribution in [3.8, 4) is 5.75 Å². The van der Waals surface area contributed by atoms with E-state index in [-0.39, 0.29) is 5.41 Å². The summed E-state index contributed by atoms with van der Waals surface area (Å²) in [6.45, 7) is 11.1. The number of hydrogen-bond donors (Lipinski definition) is 0. The fraction of sp³-hybridized carbons (Fsp3) is 0.250. The van der Waals surface area contributed by atoms with Crippen LogP contribution in [0.15, 0.2) is 100 Å². The van der Waals surface area contributed by atoms with Crippen LogP contribution in [0, 0.1) is 0 Å². The van der Waals surface area contributed by atoms with Gasteiger partial charge in [0.25, 0.3) is 0 Å². The molecule has 0 aliphatic carbocycles. The second kappa shape index (κ2) is 10.5. The van der Waals surface area contributed by atoms with Gasteiger partial charge < -0.3 is 4.74 Å². The standard InChI is InChI=1S/C28H31NOS/c1-21(2)22-11-15-24(16-12-22)29-27(30-25-9-7-6-8-10-25)19-20-31-26-17-13-23(14-18-26)28(3,4)5/h6-21H,1-5H3. The summed E-state index contributed by atoms with van der Waals surface area (Å²) in [6, 6.07) is 26.8. The molecule has 0 atom stereocenters. The largest absolute Gasteiger partial charge is 0.439 e. The molecule has 0 unspecified atom stereocenters. The Labute approximate surface area is 191 Å². The maximum atomic E-state index is 6.05. The molecule has 0 saturated heterocycles. The summed E-state index contributed by atoms with van der Waals surface area (Å²) < 4.78 is 6.05. The van der Waals surface area contributed by atoms with Crippen LogP contribution in [0.4, 0.5) is 5.69 Å². The Hall–Kier alpha value is -2.78. The number of nitrogens with zero attached hydrogens (tertiary/aromatic N) is 1. The SMILES string of the molecule is CC(C)c1ccc(N=C(C=CSc2ccc(C(C)(C)C)cc2)Oc2ccccc2)cc1. The van der Waals surface area contributed by atoms with E-state index >= 15 is 0 Å². The topological polar surface area (TPSA) is 21.6 Å². The van der Waals surface area contributed by atoms with Crippen LogP contribution in [0.1, 0.15) is 51.7 Å². The van der Waals surface area contributed by atoms with E-state index < -0.39 is 0 Å². The Morgan fingerprint density at radius 1 is 0.871 bits per heavy atom. The van der Waals surface area contributed by atoms with Gasteiger partial charge in [0, 0.05) is 11.0 Å². The van der Waals surface area contributed by atoms with E-state index in [1.54, 1.807) is 11.8 Å². The Balaban J connectivity index is 1.77. The highest BCUT2D eigenvalue weighted by Gasteiger charge is 2.12. The molecular weight excluding hydrogens is 398 g/mol. The minimum atomic E-state index is 0.160. The first-order valence-corrected chi connectivity index (χ1v) is 11.5. The lowest BCUT2D eigenvalue weighted by molar-refractivity contribution is 0.556. The van der Waals surface area contributed by atoms with Crippen LogP contribution in [-0.2, 0) is 5.41 Å². The first-order chi connectivity index (χ1) is 14.8. The molecule has 0 heterocycles. The summed E-state index contributed by atoms with van der Waals surface area (Å²) in [6.07, 6.45) is 1.92. The highest BCUT2D eigenvalue weighted by atomic mass is 32.2. The van der Waals surface area contributed by atoms with Gasteiger partial charge in [-0.2, -0.15) is 0 Å². The van der Waals surface area contributed by atoms with Crippen LogP contribution in [0.5, 0.6) is 5.75 Å². The van der Waals surface area contributed by atoms with Crippen molar-refractivity contribution >= 4 is 23.3 Å². The van der Waals surface area contributed by atoms with Gasteiger partial charge in [0.05, 0.1) is 5.69 Å². The van der Waals surface area contributed by atoms with Gasteiger partial charge in [-0.25, -0.2) is 4.99 Å². The third-order valence-electron chi connectivity index (χ3n) is 4.90. The molecule has 0 aliphatic heterocycles. The molecule has 0 fully saturated rings. The second-order valence-electron chi connectivity index (χ2n) is 8.81. The van der Waals surface area contributed by atoms with Crippen molar-refractivity contribution in [3.05, 3.63) is 101 Å². The van der Waals surface area contributed by atoms with Gasteiger partial charge in [0.2, 0.25) is 5.90 Å².